The summed E-state index contributed by atoms with van der Waals surface area (Å²) in [7, 11) is 0. The van der Waals surface area contributed by atoms with Crippen molar-refractivity contribution in [2.45, 2.75) is 32.2 Å². The summed E-state index contributed by atoms with van der Waals surface area (Å²) in [5.41, 5.74) is -1.13. The molecule has 1 aliphatic rings. The number of hydrogen-bond acceptors (Lipinski definition) is 6. The Morgan fingerprint density at radius 1 is 1.32 bits per heavy atom. The number of nitro groups is 1. The number of urea groups is 1. The average molecular weight is 349 g/mol. The molecule has 25 heavy (non-hydrogen) atoms. The van der Waals surface area contributed by atoms with Gasteiger partial charge in [0.25, 0.3) is 11.6 Å². The highest BCUT2D eigenvalue weighted by atomic mass is 16.6. The van der Waals surface area contributed by atoms with Crippen LogP contribution in [-0.4, -0.2) is 40.9 Å². The molecule has 0 spiro atoms. The Bertz CT molecular complexity index is 702. The summed E-state index contributed by atoms with van der Waals surface area (Å²) in [4.78, 5) is 47.4. The van der Waals surface area contributed by atoms with E-state index in [4.69, 9.17) is 4.74 Å². The zero-order valence-electron chi connectivity index (χ0n) is 14.0. The van der Waals surface area contributed by atoms with E-state index in [1.54, 1.807) is 0 Å². The third kappa shape index (κ3) is 3.76. The van der Waals surface area contributed by atoms with Crippen LogP contribution >= 0.6 is 0 Å². The fraction of sp³-hybridized carbons (Fsp3) is 0.438. The number of carbonyl (C=O) groups is 3. The van der Waals surface area contributed by atoms with Gasteiger partial charge in [-0.3, -0.25) is 24.6 Å². The molecule has 134 valence electrons. The highest BCUT2D eigenvalue weighted by molar-refractivity contribution is 6.08. The van der Waals surface area contributed by atoms with Crippen LogP contribution in [0.15, 0.2) is 24.3 Å². The molecule has 3 amide bonds. The Labute approximate surface area is 144 Å². The molecule has 0 bridgehead atoms. The van der Waals surface area contributed by atoms with Crippen molar-refractivity contribution >= 4 is 23.6 Å². The third-order valence-electron chi connectivity index (χ3n) is 3.98. The summed E-state index contributed by atoms with van der Waals surface area (Å²) in [5, 5.41) is 13.2. The Kier molecular flexibility index (Phi) is 5.35. The first-order valence-corrected chi connectivity index (χ1v) is 7.84. The molecule has 1 heterocycles. The van der Waals surface area contributed by atoms with Gasteiger partial charge in [-0.2, -0.15) is 0 Å². The number of imide groups is 1. The number of carbonyl (C=O) groups excluding carboxylic acids is 3. The van der Waals surface area contributed by atoms with Crippen molar-refractivity contribution < 1.29 is 24.0 Å². The second-order valence-electron chi connectivity index (χ2n) is 5.82. The van der Waals surface area contributed by atoms with Crippen molar-refractivity contribution in [1.29, 1.82) is 0 Å². The van der Waals surface area contributed by atoms with E-state index in [1.807, 2.05) is 6.92 Å². The largest absolute Gasteiger partial charge is 0.464 e. The van der Waals surface area contributed by atoms with Gasteiger partial charge in [0.2, 0.25) is 0 Å². The van der Waals surface area contributed by atoms with Gasteiger partial charge in [-0.15, -0.1) is 0 Å². The number of rotatable bonds is 7. The van der Waals surface area contributed by atoms with E-state index in [0.717, 1.165) is 11.3 Å². The topological polar surface area (TPSA) is 119 Å². The van der Waals surface area contributed by atoms with Crippen LogP contribution in [-0.2, 0) is 19.9 Å². The molecule has 2 rings (SSSR count). The minimum atomic E-state index is -1.39. The van der Waals surface area contributed by atoms with Gasteiger partial charge in [-0.25, -0.2) is 4.79 Å². The number of hydrogen-bond donors (Lipinski definition) is 1. The molecule has 1 aromatic carbocycles. The molecule has 0 radical (unpaired) electrons. The molecule has 1 saturated heterocycles. The van der Waals surface area contributed by atoms with Gasteiger partial charge in [0.05, 0.1) is 11.5 Å². The fourth-order valence-electron chi connectivity index (χ4n) is 2.46. The number of amides is 3. The van der Waals surface area contributed by atoms with Gasteiger partial charge >= 0.3 is 12.0 Å². The lowest BCUT2D eigenvalue weighted by Gasteiger charge is -2.21. The molecule has 1 fully saturated rings. The zero-order chi connectivity index (χ0) is 18.6. The van der Waals surface area contributed by atoms with Crippen LogP contribution in [0, 0.1) is 10.1 Å². The monoisotopic (exact) mass is 349 g/mol. The van der Waals surface area contributed by atoms with Crippen LogP contribution in [0.2, 0.25) is 0 Å². The molecule has 1 aliphatic heterocycles. The second kappa shape index (κ2) is 7.29. The van der Waals surface area contributed by atoms with E-state index in [2.05, 4.69) is 5.32 Å². The Morgan fingerprint density at radius 3 is 2.52 bits per heavy atom. The smallest absolute Gasteiger partial charge is 0.326 e. The van der Waals surface area contributed by atoms with E-state index in [-0.39, 0.29) is 12.3 Å². The molecule has 0 unspecified atom stereocenters. The van der Waals surface area contributed by atoms with Crippen molar-refractivity contribution in [3.05, 3.63) is 39.9 Å². The van der Waals surface area contributed by atoms with E-state index in [1.165, 1.54) is 31.2 Å². The Balaban J connectivity index is 2.13. The van der Waals surface area contributed by atoms with Gasteiger partial charge in [-0.05, 0) is 31.0 Å². The number of unbranched alkanes of at least 4 members (excludes halogenated alkanes) is 1. The lowest BCUT2D eigenvalue weighted by atomic mass is 9.92. The minimum Gasteiger partial charge on any atom is -0.464 e. The molecule has 1 N–H and O–H groups in total. The summed E-state index contributed by atoms with van der Waals surface area (Å²) < 4.78 is 4.97. The van der Waals surface area contributed by atoms with Crippen molar-refractivity contribution in [2.75, 3.05) is 13.2 Å². The Morgan fingerprint density at radius 2 is 1.96 bits per heavy atom. The van der Waals surface area contributed by atoms with Crippen LogP contribution in [0.25, 0.3) is 0 Å². The number of nitrogens with zero attached hydrogens (tertiary/aromatic N) is 2. The van der Waals surface area contributed by atoms with Gasteiger partial charge in [0, 0.05) is 12.1 Å². The quantitative estimate of drug-likeness (QED) is 0.263. The lowest BCUT2D eigenvalue weighted by molar-refractivity contribution is -0.384. The van der Waals surface area contributed by atoms with Gasteiger partial charge in [-0.1, -0.05) is 13.3 Å². The van der Waals surface area contributed by atoms with E-state index < -0.39 is 34.9 Å². The van der Waals surface area contributed by atoms with Crippen LogP contribution in [0.1, 0.15) is 32.3 Å². The van der Waals surface area contributed by atoms with Crippen molar-refractivity contribution in [3.8, 4) is 0 Å². The molecule has 1 aromatic rings. The van der Waals surface area contributed by atoms with E-state index >= 15 is 0 Å². The molecular weight excluding hydrogens is 330 g/mol. The number of esters is 1. The van der Waals surface area contributed by atoms with Crippen LogP contribution < -0.4 is 5.32 Å². The average Bonchev–Trinajstić information content (AvgIpc) is 2.79. The zero-order valence-corrected chi connectivity index (χ0v) is 14.0. The summed E-state index contributed by atoms with van der Waals surface area (Å²) in [6.07, 6.45) is 1.56. The third-order valence-corrected chi connectivity index (χ3v) is 3.98. The predicted molar refractivity (Wildman–Crippen MR) is 86.6 cm³/mol. The Hall–Kier alpha value is -2.97. The molecule has 0 aromatic heterocycles. The standard InChI is InChI=1S/C16H19N3O6/c1-3-4-9-25-13(20)10-18-14(21)16(2,17-15(18)22)11-5-7-12(8-6-11)19(23)24/h5-8H,3-4,9-10H2,1-2H3,(H,17,22)/t16-/m1/s1. The van der Waals surface area contributed by atoms with Crippen molar-refractivity contribution in [1.82, 2.24) is 10.2 Å². The maximum absolute atomic E-state index is 12.6. The maximum Gasteiger partial charge on any atom is 0.326 e. The minimum absolute atomic E-state index is 0.125. The second-order valence-corrected chi connectivity index (χ2v) is 5.82. The van der Waals surface area contributed by atoms with Gasteiger partial charge in [0.1, 0.15) is 12.1 Å². The SMILES string of the molecule is CCCCOC(=O)CN1C(=O)N[C@](C)(c2ccc([N+](=O)[O-])cc2)C1=O. The van der Waals surface area contributed by atoms with Crippen LogP contribution in [0.4, 0.5) is 10.5 Å². The first-order valence-electron chi connectivity index (χ1n) is 7.84. The van der Waals surface area contributed by atoms with Gasteiger partial charge in [0.15, 0.2) is 0 Å². The number of non-ortho nitro benzene ring substituents is 1. The summed E-state index contributed by atoms with van der Waals surface area (Å²) in [5.74, 6) is -1.27. The van der Waals surface area contributed by atoms with Crippen molar-refractivity contribution in [3.63, 3.8) is 0 Å². The predicted octanol–water partition coefficient (Wildman–Crippen LogP) is 1.71. The molecular formula is C16H19N3O6. The van der Waals surface area contributed by atoms with Crippen molar-refractivity contribution in [2.24, 2.45) is 0 Å². The number of nitro benzene ring substituents is 1. The van der Waals surface area contributed by atoms with Crippen LogP contribution in [0.5, 0.6) is 0 Å². The molecule has 0 aliphatic carbocycles. The first-order chi connectivity index (χ1) is 11.8. The number of nitrogens with one attached hydrogen (secondary N) is 1. The lowest BCUT2D eigenvalue weighted by Crippen LogP contribution is -2.41. The summed E-state index contributed by atoms with van der Waals surface area (Å²) in [6.45, 7) is 3.19. The van der Waals surface area contributed by atoms with Crippen LogP contribution in [0.3, 0.4) is 0 Å². The number of benzene rings is 1. The summed E-state index contributed by atoms with van der Waals surface area (Å²) in [6, 6.07) is 4.60. The maximum atomic E-state index is 12.6. The molecule has 1 atom stereocenters. The fourth-order valence-corrected chi connectivity index (χ4v) is 2.46. The van der Waals surface area contributed by atoms with Gasteiger partial charge < -0.3 is 10.1 Å². The number of ether oxygens (including phenoxy) is 1. The molecule has 9 nitrogen and oxygen atoms in total. The molecule has 9 heteroatoms. The van der Waals surface area contributed by atoms with E-state index in [9.17, 15) is 24.5 Å². The first kappa shape index (κ1) is 18.4. The molecule has 0 saturated carbocycles. The normalized spacial score (nSPS) is 19.7. The summed E-state index contributed by atoms with van der Waals surface area (Å²) >= 11 is 0. The highest BCUT2D eigenvalue weighted by Gasteiger charge is 2.49. The van der Waals surface area contributed by atoms with E-state index in [0.29, 0.717) is 12.0 Å². The highest BCUT2D eigenvalue weighted by Crippen LogP contribution is 2.29.